The van der Waals surface area contributed by atoms with Gasteiger partial charge in [-0.05, 0) is 31.2 Å². The molecule has 0 spiro atoms. The highest BCUT2D eigenvalue weighted by Gasteiger charge is 2.28. The number of hydrogen-bond donors (Lipinski definition) is 1. The Morgan fingerprint density at radius 2 is 2.18 bits per heavy atom. The lowest BCUT2D eigenvalue weighted by atomic mass is 10.2. The molecule has 1 aliphatic rings. The fourth-order valence-electron chi connectivity index (χ4n) is 1.97. The minimum Gasteiger partial charge on any atom is -0.369 e. The van der Waals surface area contributed by atoms with Gasteiger partial charge >= 0.3 is 0 Å². The van der Waals surface area contributed by atoms with Crippen LogP contribution >= 0.6 is 0 Å². The first-order valence-corrected chi connectivity index (χ1v) is 7.17. The molecule has 0 aliphatic carbocycles. The maximum Gasteiger partial charge on any atom is 0.182 e. The quantitative estimate of drug-likeness (QED) is 0.869. The highest BCUT2D eigenvalue weighted by molar-refractivity contribution is 7.91. The summed E-state index contributed by atoms with van der Waals surface area (Å²) in [6.07, 6.45) is 0.789. The van der Waals surface area contributed by atoms with Gasteiger partial charge in [0.1, 0.15) is 5.82 Å². The summed E-state index contributed by atoms with van der Waals surface area (Å²) in [4.78, 5) is 2.05. The van der Waals surface area contributed by atoms with Crippen molar-refractivity contribution < 1.29 is 12.8 Å². The van der Waals surface area contributed by atoms with Gasteiger partial charge in [-0.1, -0.05) is 0 Å². The molecular weight excluding hydrogens is 243 g/mol. The number of benzene rings is 1. The van der Waals surface area contributed by atoms with Crippen LogP contribution in [0.5, 0.6) is 0 Å². The van der Waals surface area contributed by atoms with Gasteiger partial charge in [-0.2, -0.15) is 0 Å². The van der Waals surface area contributed by atoms with E-state index in [1.54, 1.807) is 0 Å². The van der Waals surface area contributed by atoms with E-state index in [1.165, 1.54) is 12.1 Å². The van der Waals surface area contributed by atoms with Crippen LogP contribution < -0.4 is 10.6 Å². The maximum atomic E-state index is 13.1. The van der Waals surface area contributed by atoms with Crippen LogP contribution in [0.25, 0.3) is 0 Å². The second-order valence-corrected chi connectivity index (χ2v) is 6.14. The number of sulfone groups is 1. The lowest BCUT2D eigenvalue weighted by molar-refractivity contribution is 0.582. The van der Waals surface area contributed by atoms with Crippen molar-refractivity contribution >= 4 is 15.5 Å². The Morgan fingerprint density at radius 1 is 1.41 bits per heavy atom. The standard InChI is InChI=1S/C11H15FN2O2S/c12-9-2-3-10-11(8-9)17(15,16)7-6-14(10)5-1-4-13/h2-3,8H,1,4-7,13H2. The Balaban J connectivity index is 2.41. The normalized spacial score (nSPS) is 17.9. The topological polar surface area (TPSA) is 63.4 Å². The number of rotatable bonds is 3. The monoisotopic (exact) mass is 258 g/mol. The van der Waals surface area contributed by atoms with E-state index < -0.39 is 15.7 Å². The van der Waals surface area contributed by atoms with Gasteiger partial charge in [0.25, 0.3) is 0 Å². The van der Waals surface area contributed by atoms with Gasteiger partial charge < -0.3 is 10.6 Å². The summed E-state index contributed by atoms with van der Waals surface area (Å²) >= 11 is 0. The van der Waals surface area contributed by atoms with Gasteiger partial charge in [-0.25, -0.2) is 12.8 Å². The Hall–Kier alpha value is -1.14. The molecule has 0 saturated heterocycles. The Bertz CT molecular complexity index is 516. The minimum absolute atomic E-state index is 0.0357. The second-order valence-electron chi connectivity index (χ2n) is 4.06. The molecule has 0 atom stereocenters. The SMILES string of the molecule is NCCCN1CCS(=O)(=O)c2cc(F)ccc21. The summed E-state index contributed by atoms with van der Waals surface area (Å²) in [5.41, 5.74) is 6.03. The number of anilines is 1. The molecular formula is C11H15FN2O2S. The second kappa shape index (κ2) is 4.62. The van der Waals surface area contributed by atoms with E-state index in [4.69, 9.17) is 5.73 Å². The minimum atomic E-state index is -3.34. The summed E-state index contributed by atoms with van der Waals surface area (Å²) in [6, 6.07) is 3.91. The predicted octanol–water partition coefficient (Wildman–Crippen LogP) is 0.768. The Kier molecular flexibility index (Phi) is 3.35. The summed E-state index contributed by atoms with van der Waals surface area (Å²) in [5, 5.41) is 0. The molecule has 0 radical (unpaired) electrons. The first-order chi connectivity index (χ1) is 8.04. The van der Waals surface area contributed by atoms with Crippen LogP contribution in [-0.4, -0.2) is 33.8 Å². The van der Waals surface area contributed by atoms with Crippen molar-refractivity contribution in [1.82, 2.24) is 0 Å². The maximum absolute atomic E-state index is 13.1. The van der Waals surface area contributed by atoms with Gasteiger partial charge in [-0.3, -0.25) is 0 Å². The number of nitrogens with two attached hydrogens (primary N) is 1. The lowest BCUT2D eigenvalue weighted by Gasteiger charge is -2.30. The number of hydrogen-bond acceptors (Lipinski definition) is 4. The van der Waals surface area contributed by atoms with E-state index in [1.807, 2.05) is 4.90 Å². The van der Waals surface area contributed by atoms with Crippen LogP contribution in [0.2, 0.25) is 0 Å². The molecule has 4 nitrogen and oxygen atoms in total. The van der Waals surface area contributed by atoms with E-state index >= 15 is 0 Å². The van der Waals surface area contributed by atoms with Crippen molar-refractivity contribution in [2.45, 2.75) is 11.3 Å². The molecule has 1 aliphatic heterocycles. The van der Waals surface area contributed by atoms with Crippen LogP contribution in [0.15, 0.2) is 23.1 Å². The van der Waals surface area contributed by atoms with Crippen LogP contribution in [0, 0.1) is 5.82 Å². The van der Waals surface area contributed by atoms with Crippen LogP contribution in [0.4, 0.5) is 10.1 Å². The molecule has 1 aromatic carbocycles. The van der Waals surface area contributed by atoms with E-state index in [0.29, 0.717) is 25.3 Å². The fraction of sp³-hybridized carbons (Fsp3) is 0.455. The van der Waals surface area contributed by atoms with Crippen molar-refractivity contribution in [3.8, 4) is 0 Å². The van der Waals surface area contributed by atoms with E-state index in [-0.39, 0.29) is 10.6 Å². The number of halogens is 1. The summed E-state index contributed by atoms with van der Waals surface area (Å²) in [5.74, 6) is -0.485. The third-order valence-corrected chi connectivity index (χ3v) is 4.58. The predicted molar refractivity (Wildman–Crippen MR) is 64.3 cm³/mol. The van der Waals surface area contributed by atoms with Gasteiger partial charge in [-0.15, -0.1) is 0 Å². The molecule has 1 aromatic rings. The zero-order valence-corrected chi connectivity index (χ0v) is 10.2. The zero-order valence-electron chi connectivity index (χ0n) is 9.39. The van der Waals surface area contributed by atoms with Gasteiger partial charge in [0.05, 0.1) is 16.3 Å². The van der Waals surface area contributed by atoms with Crippen molar-refractivity contribution in [3.05, 3.63) is 24.0 Å². The molecule has 0 amide bonds. The summed E-state index contributed by atoms with van der Waals surface area (Å²) < 4.78 is 36.8. The van der Waals surface area contributed by atoms with Crippen molar-refractivity contribution in [2.24, 2.45) is 5.73 Å². The smallest absolute Gasteiger partial charge is 0.182 e. The molecule has 6 heteroatoms. The Morgan fingerprint density at radius 3 is 2.88 bits per heavy atom. The van der Waals surface area contributed by atoms with Crippen LogP contribution in [0.1, 0.15) is 6.42 Å². The first kappa shape index (κ1) is 12.3. The van der Waals surface area contributed by atoms with E-state index in [2.05, 4.69) is 0 Å². The molecule has 2 rings (SSSR count). The highest BCUT2D eigenvalue weighted by atomic mass is 32.2. The van der Waals surface area contributed by atoms with Gasteiger partial charge in [0.15, 0.2) is 9.84 Å². The average Bonchev–Trinajstić information content (AvgIpc) is 2.29. The third-order valence-electron chi connectivity index (χ3n) is 2.86. The van der Waals surface area contributed by atoms with Gasteiger partial charge in [0.2, 0.25) is 0 Å². The van der Waals surface area contributed by atoms with Crippen LogP contribution in [-0.2, 0) is 9.84 Å². The third kappa shape index (κ3) is 2.42. The number of fused-ring (bicyclic) bond motifs is 1. The Labute approximate surface area is 100 Å². The molecule has 94 valence electrons. The van der Waals surface area contributed by atoms with Crippen LogP contribution in [0.3, 0.4) is 0 Å². The first-order valence-electron chi connectivity index (χ1n) is 5.52. The van der Waals surface area contributed by atoms with Crippen molar-refractivity contribution in [3.63, 3.8) is 0 Å². The molecule has 2 N–H and O–H groups in total. The summed E-state index contributed by atoms with van der Waals surface area (Å²) in [7, 11) is -3.34. The van der Waals surface area contributed by atoms with Crippen molar-refractivity contribution in [1.29, 1.82) is 0 Å². The van der Waals surface area contributed by atoms with Crippen molar-refractivity contribution in [2.75, 3.05) is 30.3 Å². The molecule has 0 saturated carbocycles. The largest absolute Gasteiger partial charge is 0.369 e. The zero-order chi connectivity index (χ0) is 12.5. The molecule has 0 unspecified atom stereocenters. The molecule has 0 bridgehead atoms. The highest BCUT2D eigenvalue weighted by Crippen LogP contribution is 2.31. The molecule has 0 fully saturated rings. The molecule has 0 aromatic heterocycles. The van der Waals surface area contributed by atoms with Gasteiger partial charge in [0, 0.05) is 13.1 Å². The van der Waals surface area contributed by atoms with E-state index in [9.17, 15) is 12.8 Å². The summed E-state index contributed by atoms with van der Waals surface area (Å²) in [6.45, 7) is 1.70. The molecule has 17 heavy (non-hydrogen) atoms. The average molecular weight is 258 g/mol. The van der Waals surface area contributed by atoms with E-state index in [0.717, 1.165) is 12.5 Å². The fourth-order valence-corrected chi connectivity index (χ4v) is 3.46. The lowest BCUT2D eigenvalue weighted by Crippen LogP contribution is -2.36. The number of nitrogens with zero attached hydrogens (tertiary/aromatic N) is 1. The molecule has 1 heterocycles.